The Balaban J connectivity index is 2.10. The average Bonchev–Trinajstić information content (AvgIpc) is 2.55. The molecule has 122 valence electrons. The standard InChI is InChI=1S/C15H20N6O2/c1-21(2)9-8-16-15-19-13(10-17-20-15)18-12-7-5-4-6-11(12)14(22)23-3/h4-7,10H,8-9H2,1-3H3,(H2,16,18,19,20). The number of para-hydroxylation sites is 1. The van der Waals surface area contributed by atoms with E-state index < -0.39 is 5.97 Å². The van der Waals surface area contributed by atoms with Crippen molar-refractivity contribution in [2.24, 2.45) is 0 Å². The molecule has 1 aromatic heterocycles. The summed E-state index contributed by atoms with van der Waals surface area (Å²) < 4.78 is 4.77. The Morgan fingerprint density at radius 3 is 2.83 bits per heavy atom. The lowest BCUT2D eigenvalue weighted by atomic mass is 10.2. The van der Waals surface area contributed by atoms with E-state index >= 15 is 0 Å². The Labute approximate surface area is 134 Å². The highest BCUT2D eigenvalue weighted by Gasteiger charge is 2.11. The minimum atomic E-state index is -0.417. The Morgan fingerprint density at radius 2 is 2.09 bits per heavy atom. The predicted octanol–water partition coefficient (Wildman–Crippen LogP) is 1.38. The zero-order valence-corrected chi connectivity index (χ0v) is 13.4. The maximum Gasteiger partial charge on any atom is 0.339 e. The molecule has 0 bridgehead atoms. The van der Waals surface area contributed by atoms with E-state index in [4.69, 9.17) is 4.74 Å². The van der Waals surface area contributed by atoms with Crippen molar-refractivity contribution < 1.29 is 9.53 Å². The van der Waals surface area contributed by atoms with Crippen LogP contribution in [0.25, 0.3) is 0 Å². The lowest BCUT2D eigenvalue weighted by molar-refractivity contribution is 0.0602. The molecule has 0 fully saturated rings. The summed E-state index contributed by atoms with van der Waals surface area (Å²) in [7, 11) is 5.32. The Kier molecular flexibility index (Phi) is 5.81. The first-order valence-corrected chi connectivity index (χ1v) is 7.13. The number of aromatic nitrogens is 3. The van der Waals surface area contributed by atoms with Crippen LogP contribution in [0, 0.1) is 0 Å². The number of carbonyl (C=O) groups excluding carboxylic acids is 1. The zero-order chi connectivity index (χ0) is 16.7. The van der Waals surface area contributed by atoms with E-state index in [-0.39, 0.29) is 0 Å². The van der Waals surface area contributed by atoms with Gasteiger partial charge in [-0.3, -0.25) is 0 Å². The van der Waals surface area contributed by atoms with E-state index in [1.54, 1.807) is 18.2 Å². The summed E-state index contributed by atoms with van der Waals surface area (Å²) in [5, 5.41) is 14.0. The molecule has 1 heterocycles. The van der Waals surface area contributed by atoms with E-state index in [0.29, 0.717) is 29.6 Å². The SMILES string of the molecule is COC(=O)c1ccccc1Nc1cnnc(NCCN(C)C)n1. The number of esters is 1. The molecule has 0 saturated heterocycles. The number of hydrogen-bond acceptors (Lipinski definition) is 8. The van der Waals surface area contributed by atoms with Crippen LogP contribution in [-0.4, -0.2) is 60.3 Å². The van der Waals surface area contributed by atoms with E-state index in [2.05, 4.69) is 30.7 Å². The molecule has 0 aliphatic rings. The second kappa shape index (κ2) is 8.04. The van der Waals surface area contributed by atoms with Crippen LogP contribution in [0.15, 0.2) is 30.5 Å². The summed E-state index contributed by atoms with van der Waals surface area (Å²) in [6, 6.07) is 7.04. The first kappa shape index (κ1) is 16.6. The monoisotopic (exact) mass is 316 g/mol. The maximum absolute atomic E-state index is 11.8. The van der Waals surface area contributed by atoms with Crippen LogP contribution in [0.1, 0.15) is 10.4 Å². The van der Waals surface area contributed by atoms with E-state index in [0.717, 1.165) is 6.54 Å². The number of ether oxygens (including phenoxy) is 1. The van der Waals surface area contributed by atoms with Crippen LogP contribution in [0.5, 0.6) is 0 Å². The molecule has 1 aromatic carbocycles. The number of hydrogen-bond donors (Lipinski definition) is 2. The molecular weight excluding hydrogens is 296 g/mol. The van der Waals surface area contributed by atoms with E-state index in [9.17, 15) is 4.79 Å². The fourth-order valence-corrected chi connectivity index (χ4v) is 1.85. The summed E-state index contributed by atoms with van der Waals surface area (Å²) in [4.78, 5) is 18.1. The fourth-order valence-electron chi connectivity index (χ4n) is 1.85. The van der Waals surface area contributed by atoms with Crippen LogP contribution in [-0.2, 0) is 4.74 Å². The molecule has 2 aromatic rings. The van der Waals surface area contributed by atoms with Crippen LogP contribution in [0.4, 0.5) is 17.5 Å². The van der Waals surface area contributed by atoms with Gasteiger partial charge in [-0.1, -0.05) is 12.1 Å². The number of nitrogens with zero attached hydrogens (tertiary/aromatic N) is 4. The van der Waals surface area contributed by atoms with Crippen LogP contribution in [0.2, 0.25) is 0 Å². The highest BCUT2D eigenvalue weighted by molar-refractivity contribution is 5.96. The summed E-state index contributed by atoms with van der Waals surface area (Å²) in [6.07, 6.45) is 1.49. The van der Waals surface area contributed by atoms with Crippen molar-refractivity contribution in [3.05, 3.63) is 36.0 Å². The number of anilines is 3. The number of likely N-dealkylation sites (N-methyl/N-ethyl adjacent to an activating group) is 1. The molecule has 2 rings (SSSR count). The van der Waals surface area contributed by atoms with Gasteiger partial charge in [0, 0.05) is 13.1 Å². The summed E-state index contributed by atoms with van der Waals surface area (Å²) >= 11 is 0. The van der Waals surface area contributed by atoms with Gasteiger partial charge >= 0.3 is 5.97 Å². The molecule has 0 saturated carbocycles. The number of nitrogens with one attached hydrogen (secondary N) is 2. The fraction of sp³-hybridized carbons (Fsp3) is 0.333. The van der Waals surface area contributed by atoms with Crippen molar-refractivity contribution >= 4 is 23.4 Å². The average molecular weight is 316 g/mol. The number of carbonyl (C=O) groups is 1. The molecule has 2 N–H and O–H groups in total. The minimum Gasteiger partial charge on any atom is -0.465 e. The molecule has 0 radical (unpaired) electrons. The number of rotatable bonds is 7. The Morgan fingerprint density at radius 1 is 1.30 bits per heavy atom. The van der Waals surface area contributed by atoms with Crippen LogP contribution >= 0.6 is 0 Å². The van der Waals surface area contributed by atoms with Gasteiger partial charge in [-0.2, -0.15) is 10.1 Å². The minimum absolute atomic E-state index is 0.417. The van der Waals surface area contributed by atoms with Gasteiger partial charge in [0.15, 0.2) is 5.82 Å². The van der Waals surface area contributed by atoms with Gasteiger partial charge in [-0.25, -0.2) is 4.79 Å². The van der Waals surface area contributed by atoms with Gasteiger partial charge < -0.3 is 20.3 Å². The van der Waals surface area contributed by atoms with Gasteiger partial charge in [0.1, 0.15) is 0 Å². The van der Waals surface area contributed by atoms with Gasteiger partial charge in [-0.05, 0) is 26.2 Å². The van der Waals surface area contributed by atoms with Gasteiger partial charge in [-0.15, -0.1) is 5.10 Å². The van der Waals surface area contributed by atoms with Crippen LogP contribution < -0.4 is 10.6 Å². The van der Waals surface area contributed by atoms with E-state index in [1.807, 2.05) is 20.2 Å². The van der Waals surface area contributed by atoms with E-state index in [1.165, 1.54) is 13.3 Å². The normalized spacial score (nSPS) is 10.4. The molecule has 0 unspecified atom stereocenters. The highest BCUT2D eigenvalue weighted by Crippen LogP contribution is 2.20. The third kappa shape index (κ3) is 4.89. The first-order chi connectivity index (χ1) is 11.1. The molecule has 0 amide bonds. The molecule has 0 atom stereocenters. The smallest absolute Gasteiger partial charge is 0.339 e. The predicted molar refractivity (Wildman–Crippen MR) is 87.9 cm³/mol. The van der Waals surface area contributed by atoms with Crippen molar-refractivity contribution in [1.82, 2.24) is 20.1 Å². The van der Waals surface area contributed by atoms with Gasteiger partial charge in [0.2, 0.25) is 5.95 Å². The van der Waals surface area contributed by atoms with Gasteiger partial charge in [0.05, 0.1) is 24.6 Å². The largest absolute Gasteiger partial charge is 0.465 e. The zero-order valence-electron chi connectivity index (χ0n) is 13.4. The number of benzene rings is 1. The lowest BCUT2D eigenvalue weighted by Crippen LogP contribution is -2.21. The second-order valence-corrected chi connectivity index (χ2v) is 5.06. The van der Waals surface area contributed by atoms with Crippen molar-refractivity contribution in [3.8, 4) is 0 Å². The van der Waals surface area contributed by atoms with Crippen molar-refractivity contribution in [1.29, 1.82) is 0 Å². The topological polar surface area (TPSA) is 92.3 Å². The Hall–Kier alpha value is -2.74. The molecule has 0 aliphatic heterocycles. The number of methoxy groups -OCH3 is 1. The highest BCUT2D eigenvalue weighted by atomic mass is 16.5. The molecule has 0 aliphatic carbocycles. The summed E-state index contributed by atoms with van der Waals surface area (Å²) in [5.74, 6) is 0.496. The molecule has 23 heavy (non-hydrogen) atoms. The molecule has 0 spiro atoms. The third-order valence-corrected chi connectivity index (χ3v) is 3.00. The summed E-state index contributed by atoms with van der Waals surface area (Å²) in [6.45, 7) is 1.56. The molecular formula is C15H20N6O2. The lowest BCUT2D eigenvalue weighted by Gasteiger charge is -2.12. The first-order valence-electron chi connectivity index (χ1n) is 7.13. The molecule has 8 nitrogen and oxygen atoms in total. The maximum atomic E-state index is 11.8. The Bertz CT molecular complexity index is 662. The summed E-state index contributed by atoms with van der Waals surface area (Å²) in [5.41, 5.74) is 1.02. The van der Waals surface area contributed by atoms with Crippen molar-refractivity contribution in [2.75, 3.05) is 44.9 Å². The van der Waals surface area contributed by atoms with Crippen molar-refractivity contribution in [3.63, 3.8) is 0 Å². The quantitative estimate of drug-likeness (QED) is 0.740. The third-order valence-electron chi connectivity index (χ3n) is 3.00. The molecule has 8 heteroatoms. The van der Waals surface area contributed by atoms with Crippen LogP contribution in [0.3, 0.4) is 0 Å². The van der Waals surface area contributed by atoms with Crippen molar-refractivity contribution in [2.45, 2.75) is 0 Å². The second-order valence-electron chi connectivity index (χ2n) is 5.06. The van der Waals surface area contributed by atoms with Gasteiger partial charge in [0.25, 0.3) is 0 Å².